The number of likely N-dealkylation sites (tertiary alicyclic amines) is 1. The number of carbonyl (C=O) groups excluding carboxylic acids is 1. The van der Waals surface area contributed by atoms with Crippen LogP contribution in [0, 0.1) is 23.2 Å². The molecule has 5 atom stereocenters. The zero-order valence-electron chi connectivity index (χ0n) is 19.1. The number of allylic oxidation sites excluding steroid dienone is 2. The highest BCUT2D eigenvalue weighted by Gasteiger charge is 2.68. The zero-order chi connectivity index (χ0) is 21.2. The third kappa shape index (κ3) is 2.93. The van der Waals surface area contributed by atoms with E-state index < -0.39 is 0 Å². The van der Waals surface area contributed by atoms with Gasteiger partial charge in [-0.2, -0.15) is 0 Å². The standard InChI is InChI=1S/C27H37N3O.H2/c1-3-30(4-2)25(31)28-24-17-26(23-8-6-5-7-21(23)24)11-13-29(14-12-26)18-19-15-27-16-20(27)9-10-22(19)27;/h5-10,19-20,22,24H,3-4,11-18H2,1-2H3,(H,28,31);1H/t19?,20?,22?,24-,27?;/m0./s1. The van der Waals surface area contributed by atoms with Crippen molar-refractivity contribution in [3.63, 3.8) is 0 Å². The van der Waals surface area contributed by atoms with Crippen molar-refractivity contribution >= 4 is 6.03 Å². The molecular formula is C27H39N3O. The number of hydrogen-bond donors (Lipinski definition) is 1. The minimum absolute atomic E-state index is 0. The first-order chi connectivity index (χ1) is 15.1. The van der Waals surface area contributed by atoms with Gasteiger partial charge in [0.2, 0.25) is 0 Å². The van der Waals surface area contributed by atoms with Crippen molar-refractivity contribution in [1.29, 1.82) is 0 Å². The predicted octanol–water partition coefficient (Wildman–Crippen LogP) is 4.97. The summed E-state index contributed by atoms with van der Waals surface area (Å²) in [5.41, 5.74) is 3.83. The van der Waals surface area contributed by atoms with Gasteiger partial charge >= 0.3 is 6.03 Å². The Kier molecular flexibility index (Phi) is 4.54. The van der Waals surface area contributed by atoms with Crippen LogP contribution in [-0.4, -0.2) is 48.6 Å². The number of rotatable bonds is 5. The van der Waals surface area contributed by atoms with E-state index in [1.807, 2.05) is 4.90 Å². The van der Waals surface area contributed by atoms with Crippen molar-refractivity contribution in [2.75, 3.05) is 32.7 Å². The van der Waals surface area contributed by atoms with Crippen molar-refractivity contribution in [3.05, 3.63) is 47.5 Å². The van der Waals surface area contributed by atoms with E-state index in [2.05, 4.69) is 60.5 Å². The molecule has 1 saturated heterocycles. The van der Waals surface area contributed by atoms with Crippen LogP contribution >= 0.6 is 0 Å². The summed E-state index contributed by atoms with van der Waals surface area (Å²) in [4.78, 5) is 17.4. The van der Waals surface area contributed by atoms with Crippen LogP contribution < -0.4 is 5.32 Å². The van der Waals surface area contributed by atoms with Gasteiger partial charge in [0.05, 0.1) is 6.04 Å². The van der Waals surface area contributed by atoms with Crippen molar-refractivity contribution in [3.8, 4) is 0 Å². The predicted molar refractivity (Wildman–Crippen MR) is 126 cm³/mol. The van der Waals surface area contributed by atoms with Crippen LogP contribution in [0.4, 0.5) is 4.79 Å². The van der Waals surface area contributed by atoms with E-state index in [9.17, 15) is 4.79 Å². The van der Waals surface area contributed by atoms with Crippen LogP contribution in [0.3, 0.4) is 0 Å². The molecule has 0 radical (unpaired) electrons. The van der Waals surface area contributed by atoms with Gasteiger partial charge in [-0.15, -0.1) is 0 Å². The Bertz CT molecular complexity index is 904. The molecule has 2 spiro atoms. The number of benzene rings is 1. The average molecular weight is 422 g/mol. The van der Waals surface area contributed by atoms with E-state index in [0.717, 1.165) is 42.7 Å². The maximum atomic E-state index is 12.8. The Morgan fingerprint density at radius 3 is 2.61 bits per heavy atom. The summed E-state index contributed by atoms with van der Waals surface area (Å²) in [5, 5.41) is 3.37. The number of carbonyl (C=O) groups is 1. The first-order valence-corrected chi connectivity index (χ1v) is 12.6. The number of piperidine rings is 1. The van der Waals surface area contributed by atoms with E-state index in [4.69, 9.17) is 0 Å². The van der Waals surface area contributed by atoms with Gasteiger partial charge in [0, 0.05) is 26.5 Å². The molecule has 1 heterocycles. The van der Waals surface area contributed by atoms with E-state index in [1.54, 1.807) is 0 Å². The summed E-state index contributed by atoms with van der Waals surface area (Å²) in [5.74, 6) is 2.73. The zero-order valence-corrected chi connectivity index (χ0v) is 19.1. The lowest BCUT2D eigenvalue weighted by molar-refractivity contribution is 0.0354. The van der Waals surface area contributed by atoms with Gasteiger partial charge in [-0.1, -0.05) is 36.4 Å². The molecule has 5 aliphatic rings. The Morgan fingerprint density at radius 1 is 1.13 bits per heavy atom. The third-order valence-electron chi connectivity index (χ3n) is 9.70. The molecule has 1 N–H and O–H groups in total. The Hall–Kier alpha value is -1.81. The summed E-state index contributed by atoms with van der Waals surface area (Å²) in [6.45, 7) is 9.33. The molecule has 0 aromatic heterocycles. The van der Waals surface area contributed by atoms with Crippen molar-refractivity contribution in [1.82, 2.24) is 15.1 Å². The SMILES string of the molecule is CCN(CC)C(=O)N[C@H]1CC2(CCN(CC3CC45CC4C=CC35)CC2)c2ccccc21.[HH]. The summed E-state index contributed by atoms with van der Waals surface area (Å²) >= 11 is 0. The highest BCUT2D eigenvalue weighted by Crippen LogP contribution is 2.75. The molecule has 0 bridgehead atoms. The molecule has 1 aromatic carbocycles. The van der Waals surface area contributed by atoms with Crippen LogP contribution in [0.5, 0.6) is 0 Å². The van der Waals surface area contributed by atoms with Gasteiger partial charge in [0.25, 0.3) is 0 Å². The van der Waals surface area contributed by atoms with Gasteiger partial charge in [-0.3, -0.25) is 0 Å². The largest absolute Gasteiger partial charge is 0.331 e. The molecule has 4 heteroatoms. The van der Waals surface area contributed by atoms with Crippen LogP contribution in [-0.2, 0) is 5.41 Å². The van der Waals surface area contributed by atoms with E-state index in [1.165, 1.54) is 56.4 Å². The molecule has 31 heavy (non-hydrogen) atoms. The maximum absolute atomic E-state index is 12.8. The second-order valence-electron chi connectivity index (χ2n) is 11.0. The highest BCUT2D eigenvalue weighted by molar-refractivity contribution is 5.75. The second-order valence-corrected chi connectivity index (χ2v) is 11.0. The van der Waals surface area contributed by atoms with E-state index >= 15 is 0 Å². The molecule has 1 aliphatic heterocycles. The van der Waals surface area contributed by atoms with Crippen molar-refractivity contribution in [2.24, 2.45) is 23.2 Å². The molecule has 6 rings (SSSR count). The molecule has 1 aromatic rings. The minimum Gasteiger partial charge on any atom is -0.331 e. The fourth-order valence-corrected chi connectivity index (χ4v) is 7.81. The van der Waals surface area contributed by atoms with Crippen LogP contribution in [0.1, 0.15) is 64.5 Å². The molecule has 168 valence electrons. The number of nitrogens with zero attached hydrogens (tertiary/aromatic N) is 2. The van der Waals surface area contributed by atoms with Crippen molar-refractivity contribution < 1.29 is 6.22 Å². The number of urea groups is 1. The third-order valence-corrected chi connectivity index (χ3v) is 9.70. The van der Waals surface area contributed by atoms with Crippen LogP contribution in [0.15, 0.2) is 36.4 Å². The number of hydrogen-bond acceptors (Lipinski definition) is 2. The quantitative estimate of drug-likeness (QED) is 0.681. The molecule has 3 fully saturated rings. The maximum Gasteiger partial charge on any atom is 0.317 e. The van der Waals surface area contributed by atoms with Crippen LogP contribution in [0.2, 0.25) is 0 Å². The van der Waals surface area contributed by atoms with Gasteiger partial charge < -0.3 is 15.1 Å². The van der Waals surface area contributed by atoms with Crippen LogP contribution in [0.25, 0.3) is 0 Å². The normalized spacial score (nSPS) is 36.5. The molecular weight excluding hydrogens is 382 g/mol. The van der Waals surface area contributed by atoms with E-state index in [0.29, 0.717) is 0 Å². The Labute approximate surface area is 188 Å². The van der Waals surface area contributed by atoms with E-state index in [-0.39, 0.29) is 18.9 Å². The molecule has 4 nitrogen and oxygen atoms in total. The number of nitrogens with one attached hydrogen (secondary N) is 1. The van der Waals surface area contributed by atoms with Gasteiger partial charge in [-0.25, -0.2) is 4.79 Å². The molecule has 2 saturated carbocycles. The summed E-state index contributed by atoms with van der Waals surface area (Å²) in [6.07, 6.45) is 11.5. The Balaban J connectivity index is 0.00000216. The van der Waals surface area contributed by atoms with Gasteiger partial charge in [-0.05, 0) is 93.3 Å². The highest BCUT2D eigenvalue weighted by atomic mass is 16.2. The average Bonchev–Trinajstić information content (AvgIpc) is 3.34. The summed E-state index contributed by atoms with van der Waals surface area (Å²) in [6, 6.07) is 9.14. The lowest BCUT2D eigenvalue weighted by Gasteiger charge is -2.48. The Morgan fingerprint density at radius 2 is 1.90 bits per heavy atom. The first kappa shape index (κ1) is 19.8. The monoisotopic (exact) mass is 421 g/mol. The summed E-state index contributed by atoms with van der Waals surface area (Å²) < 4.78 is 0. The lowest BCUT2D eigenvalue weighted by atomic mass is 9.62. The lowest BCUT2D eigenvalue weighted by Crippen LogP contribution is -2.48. The fraction of sp³-hybridized carbons (Fsp3) is 0.667. The number of fused-ring (bicyclic) bond motifs is 2. The summed E-state index contributed by atoms with van der Waals surface area (Å²) in [7, 11) is 0. The molecule has 4 unspecified atom stereocenters. The number of amides is 2. The second kappa shape index (κ2) is 7.10. The fourth-order valence-electron chi connectivity index (χ4n) is 7.81. The van der Waals surface area contributed by atoms with Gasteiger partial charge in [0.15, 0.2) is 0 Å². The first-order valence-electron chi connectivity index (χ1n) is 12.6. The molecule has 4 aliphatic carbocycles. The molecule has 2 amide bonds. The van der Waals surface area contributed by atoms with Gasteiger partial charge in [0.1, 0.15) is 0 Å². The topological polar surface area (TPSA) is 35.6 Å². The smallest absolute Gasteiger partial charge is 0.317 e. The minimum atomic E-state index is 0. The van der Waals surface area contributed by atoms with Crippen molar-refractivity contribution in [2.45, 2.75) is 57.4 Å².